The minimum absolute atomic E-state index is 0.833. The van der Waals surface area contributed by atoms with E-state index in [4.69, 9.17) is 9.90 Å². The Hall–Kier alpha value is -0.570. The van der Waals surface area contributed by atoms with Gasteiger partial charge in [-0.25, -0.2) is 0 Å². The summed E-state index contributed by atoms with van der Waals surface area (Å²) in [7, 11) is 1.50. The van der Waals surface area contributed by atoms with Crippen LogP contribution in [0.2, 0.25) is 0 Å². The van der Waals surface area contributed by atoms with Gasteiger partial charge in [0.2, 0.25) is 0 Å². The zero-order chi connectivity index (χ0) is 11.6. The summed E-state index contributed by atoms with van der Waals surface area (Å²) in [5.41, 5.74) is 19.5. The molecule has 14 fully saturated rings. The minimum Gasteiger partial charge on any atom is -0.481 e. The van der Waals surface area contributed by atoms with Crippen molar-refractivity contribution in [1.29, 1.82) is 0 Å². The first-order chi connectivity index (χ1) is 8.73. The lowest BCUT2D eigenvalue weighted by atomic mass is 10.0. The summed E-state index contributed by atoms with van der Waals surface area (Å²) in [6, 6.07) is 0. The molecule has 0 saturated heterocycles. The van der Waals surface area contributed by atoms with Crippen LogP contribution in [0.15, 0.2) is 0 Å². The zero-order valence-corrected chi connectivity index (χ0v) is 9.93. The van der Waals surface area contributed by atoms with Gasteiger partial charge in [0.05, 0.1) is 0 Å². The van der Waals surface area contributed by atoms with Crippen LogP contribution in [-0.2, 0) is 4.79 Å². The van der Waals surface area contributed by atoms with Crippen molar-refractivity contribution in [3.05, 3.63) is 0 Å². The molecule has 14 aliphatic carbocycles. The molecule has 3 N–H and O–H groups in total. The van der Waals surface area contributed by atoms with Gasteiger partial charge in [-0.3, -0.25) is 4.79 Å². The Bertz CT molecular complexity index is 543. The third kappa shape index (κ3) is 0.0955. The molecule has 14 rings (SSSR count). The number of hydrogen-bond acceptors (Lipinski definition) is 2. The monoisotopic (exact) mass is 235 g/mol. The van der Waals surface area contributed by atoms with Gasteiger partial charge < -0.3 is 10.8 Å². The molecule has 14 aliphatic rings. The van der Waals surface area contributed by atoms with Crippen molar-refractivity contribution < 1.29 is 9.90 Å². The molecule has 0 unspecified atom stereocenters. The fourth-order valence-corrected chi connectivity index (χ4v) is 13.9. The molecular weight excluding hydrogens is 226 g/mol. The number of nitrogens with two attached hydrogens (primary N) is 1. The van der Waals surface area contributed by atoms with E-state index in [2.05, 4.69) is 5.73 Å². The Kier molecular flexibility index (Phi) is 0.245. The fourth-order valence-electron chi connectivity index (χ4n) is 13.9. The summed E-state index contributed by atoms with van der Waals surface area (Å²) in [5.74, 6) is -0.833. The average Bonchev–Trinajstić information content (AvgIpc) is 2.64. The Morgan fingerprint density at radius 1 is 0.667 bits per heavy atom. The van der Waals surface area contributed by atoms with Gasteiger partial charge in [-0.05, 0) is 7.05 Å². The molecule has 3 nitrogen and oxygen atoms in total. The third-order valence-electron chi connectivity index (χ3n) is 12.5. The summed E-state index contributed by atoms with van der Waals surface area (Å²) in [6.45, 7) is 1.08. The normalized spacial score (nSPS) is 130. The van der Waals surface area contributed by atoms with Gasteiger partial charge in [-0.2, -0.15) is 0 Å². The first-order valence-corrected chi connectivity index (χ1v) is 7.51. The van der Waals surface area contributed by atoms with Crippen LogP contribution >= 0.6 is 0 Å². The smallest absolute Gasteiger partial charge is 0.300 e. The molecule has 14 saturated carbocycles. The molecule has 0 heterocycles. The first kappa shape index (κ1) is 6.25. The Labute approximate surface area is 101 Å². The summed E-state index contributed by atoms with van der Waals surface area (Å²) >= 11 is 0. The first-order valence-electron chi connectivity index (χ1n) is 7.51. The van der Waals surface area contributed by atoms with E-state index >= 15 is 0 Å². The van der Waals surface area contributed by atoms with Crippen molar-refractivity contribution in [1.82, 2.24) is 0 Å². The van der Waals surface area contributed by atoms with Crippen LogP contribution in [0.4, 0.5) is 0 Å². The van der Waals surface area contributed by atoms with E-state index in [1.165, 1.54) is 72.0 Å². The van der Waals surface area contributed by atoms with E-state index in [0.29, 0.717) is 0 Å². The molecule has 0 atom stereocenters. The van der Waals surface area contributed by atoms with Crippen molar-refractivity contribution in [3.8, 4) is 0 Å². The number of aliphatic carboxylic acids is 1. The van der Waals surface area contributed by atoms with Crippen LogP contribution < -0.4 is 5.73 Å². The second kappa shape index (κ2) is 0.706. The second-order valence-corrected chi connectivity index (χ2v) is 9.52. The summed E-state index contributed by atoms with van der Waals surface area (Å²) < 4.78 is 0. The van der Waals surface area contributed by atoms with Crippen LogP contribution in [0.5, 0.6) is 0 Å². The van der Waals surface area contributed by atoms with E-state index in [-0.39, 0.29) is 0 Å². The van der Waals surface area contributed by atoms with Gasteiger partial charge in [-0.15, -0.1) is 0 Å². The van der Waals surface area contributed by atoms with E-state index in [0.717, 1.165) is 6.92 Å². The maximum atomic E-state index is 9.00. The molecule has 86 valence electrons. The molecule has 0 aliphatic heterocycles. The lowest BCUT2D eigenvalue weighted by Gasteiger charge is -2.00. The van der Waals surface area contributed by atoms with Crippen molar-refractivity contribution in [3.63, 3.8) is 0 Å². The van der Waals surface area contributed by atoms with E-state index in [1.807, 2.05) is 0 Å². The van der Waals surface area contributed by atoms with Gasteiger partial charge in [0.25, 0.3) is 5.97 Å². The highest BCUT2D eigenvalue weighted by Crippen LogP contribution is 4.01. The van der Waals surface area contributed by atoms with Gasteiger partial charge in [-0.1, -0.05) is 0 Å². The number of carboxylic acids is 1. The molecule has 0 radical (unpaired) electrons. The highest BCUT2D eigenvalue weighted by atomic mass is 16.4. The Balaban J connectivity index is 0.0000000531. The van der Waals surface area contributed by atoms with Crippen molar-refractivity contribution >= 4 is 5.97 Å². The number of carboxylic acid groups (broad SMARTS) is 1. The molecule has 0 aromatic carbocycles. The van der Waals surface area contributed by atoms with E-state index in [1.54, 1.807) is 0 Å². The summed E-state index contributed by atoms with van der Waals surface area (Å²) in [6.07, 6.45) is 0. The molecule has 12 bridgehead atoms. The predicted molar refractivity (Wildman–Crippen MR) is 52.6 cm³/mol. The van der Waals surface area contributed by atoms with Crippen molar-refractivity contribution in [2.75, 3.05) is 7.05 Å². The molecule has 4 spiro atoms. The lowest BCUT2D eigenvalue weighted by molar-refractivity contribution is -0.134. The van der Waals surface area contributed by atoms with Crippen LogP contribution in [0.1, 0.15) is 6.92 Å². The van der Waals surface area contributed by atoms with Crippen LogP contribution in [-0.4, -0.2) is 18.1 Å². The van der Waals surface area contributed by atoms with Crippen molar-refractivity contribution in [2.24, 2.45) is 70.7 Å². The van der Waals surface area contributed by atoms with Crippen molar-refractivity contribution in [2.45, 2.75) is 6.92 Å². The zero-order valence-electron chi connectivity index (χ0n) is 9.93. The van der Waals surface area contributed by atoms with E-state index in [9.17, 15) is 0 Å². The highest BCUT2D eigenvalue weighted by molar-refractivity contribution is 6.44. The quantitative estimate of drug-likeness (QED) is 0.604. The minimum atomic E-state index is -0.833. The summed E-state index contributed by atoms with van der Waals surface area (Å²) in [4.78, 5) is 9.00. The van der Waals surface area contributed by atoms with Crippen LogP contribution in [0.25, 0.3) is 0 Å². The maximum Gasteiger partial charge on any atom is 0.300 e. The van der Waals surface area contributed by atoms with Crippen LogP contribution in [0.3, 0.4) is 0 Å². The standard InChI is InChI=1S/2C6.C2H4O2.CH5N/c2*1-2-3(1)5(1)4(1,2)6(2,3)5;1-2(3)4;1-2/h;;1H3,(H,3,4);2H2,1H3. The van der Waals surface area contributed by atoms with Crippen LogP contribution in [0, 0.1) is 65.0 Å². The number of carbonyl (C=O) groups is 1. The fraction of sp³-hybridized carbons (Fsp3) is 0.933. The largest absolute Gasteiger partial charge is 0.481 e. The van der Waals surface area contributed by atoms with Gasteiger partial charge in [0.1, 0.15) is 0 Å². The average molecular weight is 235 g/mol. The lowest BCUT2D eigenvalue weighted by Crippen LogP contribution is -2.00. The Morgan fingerprint density at radius 2 is 0.722 bits per heavy atom. The van der Waals surface area contributed by atoms with Gasteiger partial charge in [0.15, 0.2) is 0 Å². The maximum absolute atomic E-state index is 9.00. The molecule has 0 amide bonds. The summed E-state index contributed by atoms with van der Waals surface area (Å²) in [5, 5.41) is 7.42. The SMILES string of the molecule is C123C45C16C21C34C561.C123C45C16C21C34C561.CC(=O)O.CN. The molecule has 0 aromatic rings. The van der Waals surface area contributed by atoms with E-state index < -0.39 is 5.97 Å². The molecular formula is C15H9NO2. The number of hydrogen-bond donors (Lipinski definition) is 2. The van der Waals surface area contributed by atoms with Gasteiger partial charge >= 0.3 is 0 Å². The predicted octanol–water partition coefficient (Wildman–Crippen LogP) is -0.334. The van der Waals surface area contributed by atoms with Gasteiger partial charge in [0, 0.05) is 71.9 Å². The highest BCUT2D eigenvalue weighted by Gasteiger charge is 4.01. The topological polar surface area (TPSA) is 63.3 Å². The third-order valence-corrected chi connectivity index (χ3v) is 12.5. The molecule has 3 heteroatoms. The number of rotatable bonds is 0. The second-order valence-electron chi connectivity index (χ2n) is 9.52. The molecule has 0 aromatic heterocycles. The Morgan fingerprint density at radius 3 is 0.722 bits per heavy atom. The molecule has 18 heavy (non-hydrogen) atoms.